The number of pyridine rings is 1. The summed E-state index contributed by atoms with van der Waals surface area (Å²) in [6, 6.07) is 14.5. The molecule has 1 aliphatic rings. The lowest BCUT2D eigenvalue weighted by Gasteiger charge is -2.17. The number of para-hydroxylation sites is 1. The van der Waals surface area contributed by atoms with Crippen LogP contribution in [0.5, 0.6) is 11.5 Å². The number of hydrogen-bond acceptors (Lipinski definition) is 6. The number of carbonyl (C=O) groups excluding carboxylic acids is 2. The Kier molecular flexibility index (Phi) is 8.70. The predicted octanol–water partition coefficient (Wildman–Crippen LogP) is 6.41. The van der Waals surface area contributed by atoms with Gasteiger partial charge in [-0.1, -0.05) is 51.3 Å². The van der Waals surface area contributed by atoms with Gasteiger partial charge in [0, 0.05) is 23.1 Å². The zero-order valence-electron chi connectivity index (χ0n) is 21.4. The molecule has 0 saturated carbocycles. The number of ether oxygens (including phenoxy) is 3. The minimum atomic E-state index is -0.955. The number of aromatic nitrogens is 1. The molecule has 0 aliphatic heterocycles. The number of rotatable bonds is 13. The molecule has 6 heteroatoms. The van der Waals surface area contributed by atoms with E-state index in [4.69, 9.17) is 19.2 Å². The van der Waals surface area contributed by atoms with Gasteiger partial charge in [-0.25, -0.2) is 4.98 Å². The summed E-state index contributed by atoms with van der Waals surface area (Å²) in [6.45, 7) is 8.39. The van der Waals surface area contributed by atoms with Gasteiger partial charge >= 0.3 is 0 Å². The molecule has 1 aromatic heterocycles. The van der Waals surface area contributed by atoms with E-state index in [1.54, 1.807) is 24.3 Å². The molecular weight excluding hydrogens is 454 g/mol. The van der Waals surface area contributed by atoms with Gasteiger partial charge in [0.1, 0.15) is 29.5 Å². The highest BCUT2D eigenvalue weighted by Gasteiger charge is 2.41. The Morgan fingerprint density at radius 3 is 2.53 bits per heavy atom. The minimum Gasteiger partial charge on any atom is -0.491 e. The lowest BCUT2D eigenvalue weighted by Crippen LogP contribution is -2.15. The summed E-state index contributed by atoms with van der Waals surface area (Å²) in [7, 11) is 0. The molecule has 1 aliphatic carbocycles. The molecule has 0 radical (unpaired) electrons. The van der Waals surface area contributed by atoms with E-state index >= 15 is 0 Å². The second-order valence-corrected chi connectivity index (χ2v) is 9.21. The van der Waals surface area contributed by atoms with Crippen LogP contribution in [0.15, 0.2) is 48.5 Å². The average molecular weight is 490 g/mol. The van der Waals surface area contributed by atoms with E-state index in [1.165, 1.54) is 12.8 Å². The molecule has 4 rings (SSSR count). The van der Waals surface area contributed by atoms with Gasteiger partial charge < -0.3 is 14.2 Å². The number of ketones is 2. The van der Waals surface area contributed by atoms with E-state index in [1.807, 2.05) is 31.2 Å². The van der Waals surface area contributed by atoms with Crippen molar-refractivity contribution in [2.24, 2.45) is 5.92 Å². The van der Waals surface area contributed by atoms with Gasteiger partial charge in [-0.15, -0.1) is 0 Å². The zero-order chi connectivity index (χ0) is 25.5. The third-order valence-corrected chi connectivity index (χ3v) is 6.77. The fourth-order valence-electron chi connectivity index (χ4n) is 4.61. The Labute approximate surface area is 213 Å². The van der Waals surface area contributed by atoms with Crippen LogP contribution in [0.1, 0.15) is 78.8 Å². The molecule has 190 valence electrons. The highest BCUT2D eigenvalue weighted by Crippen LogP contribution is 2.36. The van der Waals surface area contributed by atoms with Crippen molar-refractivity contribution in [1.29, 1.82) is 0 Å². The van der Waals surface area contributed by atoms with Gasteiger partial charge in [-0.2, -0.15) is 0 Å². The maximum Gasteiger partial charge on any atom is 0.180 e. The molecule has 3 aromatic rings. The van der Waals surface area contributed by atoms with Gasteiger partial charge in [-0.05, 0) is 49.6 Å². The Morgan fingerprint density at radius 2 is 1.75 bits per heavy atom. The first-order valence-electron chi connectivity index (χ1n) is 13.0. The van der Waals surface area contributed by atoms with Crippen molar-refractivity contribution in [2.45, 2.75) is 52.4 Å². The number of carbonyl (C=O) groups is 2. The fraction of sp³-hybridized carbons (Fsp3) is 0.433. The summed E-state index contributed by atoms with van der Waals surface area (Å²) in [5.41, 5.74) is 1.92. The van der Waals surface area contributed by atoms with E-state index in [-0.39, 0.29) is 11.6 Å². The number of nitrogens with zero attached hydrogens (tertiary/aromatic N) is 1. The topological polar surface area (TPSA) is 74.7 Å². The molecule has 0 amide bonds. The number of Topliss-reactive ketones (excluding diaryl/α,β-unsaturated/α-hetero) is 2. The van der Waals surface area contributed by atoms with Crippen LogP contribution in [0.4, 0.5) is 0 Å². The van der Waals surface area contributed by atoms with Crippen LogP contribution in [-0.4, -0.2) is 43.0 Å². The molecule has 2 aromatic carbocycles. The molecule has 0 fully saturated rings. The lowest BCUT2D eigenvalue weighted by molar-refractivity contribution is 0.0888. The summed E-state index contributed by atoms with van der Waals surface area (Å²) >= 11 is 0. The third-order valence-electron chi connectivity index (χ3n) is 6.77. The number of fused-ring (bicyclic) bond motifs is 2. The van der Waals surface area contributed by atoms with Crippen LogP contribution in [0.2, 0.25) is 0 Å². The molecule has 0 bridgehead atoms. The maximum atomic E-state index is 13.3. The van der Waals surface area contributed by atoms with Gasteiger partial charge in [0.15, 0.2) is 11.6 Å². The van der Waals surface area contributed by atoms with Gasteiger partial charge in [-0.3, -0.25) is 9.59 Å². The molecule has 1 heterocycles. The van der Waals surface area contributed by atoms with Crippen molar-refractivity contribution < 1.29 is 23.8 Å². The van der Waals surface area contributed by atoms with Crippen molar-refractivity contribution >= 4 is 22.5 Å². The standard InChI is InChI=1S/C30H35NO5/c1-4-7-9-20(5-2)19-36-26-11-8-10-21-12-15-25(31-28(21)26)27-29(32)23-14-13-22(18-24(23)30(27)33)35-17-16-34-6-3/h8,10-15,18,20,27H,4-7,9,16-17,19H2,1-3H3. The molecule has 0 N–H and O–H groups in total. The van der Waals surface area contributed by atoms with Crippen LogP contribution in [0.3, 0.4) is 0 Å². The Balaban J connectivity index is 1.56. The normalized spacial score (nSPS) is 15.8. The molecule has 0 spiro atoms. The summed E-state index contributed by atoms with van der Waals surface area (Å²) in [6.07, 6.45) is 4.55. The lowest BCUT2D eigenvalue weighted by atomic mass is 9.98. The van der Waals surface area contributed by atoms with Crippen molar-refractivity contribution in [2.75, 3.05) is 26.4 Å². The SMILES string of the molecule is CCCCC(CC)COc1cccc2ccc(C3C(=O)c4ccc(OCCOCC)cc4C3=O)nc12. The molecule has 6 nitrogen and oxygen atoms in total. The summed E-state index contributed by atoms with van der Waals surface area (Å²) in [4.78, 5) is 31.4. The number of unbranched alkanes of at least 4 members (excludes halogenated alkanes) is 1. The first-order valence-corrected chi connectivity index (χ1v) is 13.0. The first kappa shape index (κ1) is 25.8. The smallest absolute Gasteiger partial charge is 0.180 e. The highest BCUT2D eigenvalue weighted by molar-refractivity contribution is 6.29. The van der Waals surface area contributed by atoms with E-state index in [2.05, 4.69) is 13.8 Å². The van der Waals surface area contributed by atoms with Crippen molar-refractivity contribution in [1.82, 2.24) is 4.98 Å². The summed E-state index contributed by atoms with van der Waals surface area (Å²) in [5.74, 6) is 0.286. The average Bonchev–Trinajstić information content (AvgIpc) is 3.15. The summed E-state index contributed by atoms with van der Waals surface area (Å²) in [5, 5.41) is 0.915. The van der Waals surface area contributed by atoms with Crippen molar-refractivity contribution in [3.05, 3.63) is 65.4 Å². The van der Waals surface area contributed by atoms with Crippen molar-refractivity contribution in [3.8, 4) is 11.5 Å². The second kappa shape index (κ2) is 12.1. The van der Waals surface area contributed by atoms with Gasteiger partial charge in [0.25, 0.3) is 0 Å². The van der Waals surface area contributed by atoms with Gasteiger partial charge in [0.05, 0.1) is 18.9 Å². The van der Waals surface area contributed by atoms with Crippen LogP contribution < -0.4 is 9.47 Å². The Hall–Kier alpha value is -3.25. The van der Waals surface area contributed by atoms with Gasteiger partial charge in [0.2, 0.25) is 0 Å². The van der Waals surface area contributed by atoms with Crippen molar-refractivity contribution in [3.63, 3.8) is 0 Å². The molecule has 2 atom stereocenters. The van der Waals surface area contributed by atoms with E-state index in [0.29, 0.717) is 66.2 Å². The molecular formula is C30H35NO5. The van der Waals surface area contributed by atoms with Crippen LogP contribution in [0.25, 0.3) is 10.9 Å². The van der Waals surface area contributed by atoms with Crippen LogP contribution in [-0.2, 0) is 4.74 Å². The highest BCUT2D eigenvalue weighted by atomic mass is 16.5. The van der Waals surface area contributed by atoms with E-state index in [9.17, 15) is 9.59 Å². The zero-order valence-corrected chi connectivity index (χ0v) is 21.4. The fourth-order valence-corrected chi connectivity index (χ4v) is 4.61. The largest absolute Gasteiger partial charge is 0.491 e. The second-order valence-electron chi connectivity index (χ2n) is 9.21. The van der Waals surface area contributed by atoms with Crippen LogP contribution in [0, 0.1) is 5.92 Å². The Morgan fingerprint density at radius 1 is 0.917 bits per heavy atom. The number of hydrogen-bond donors (Lipinski definition) is 0. The molecule has 2 unspecified atom stereocenters. The minimum absolute atomic E-state index is 0.230. The quantitative estimate of drug-likeness (QED) is 0.204. The third kappa shape index (κ3) is 5.59. The maximum absolute atomic E-state index is 13.3. The molecule has 36 heavy (non-hydrogen) atoms. The predicted molar refractivity (Wildman–Crippen MR) is 140 cm³/mol. The Bertz CT molecular complexity index is 1220. The van der Waals surface area contributed by atoms with E-state index in [0.717, 1.165) is 18.2 Å². The van der Waals surface area contributed by atoms with Crippen LogP contribution >= 0.6 is 0 Å². The monoisotopic (exact) mass is 489 g/mol. The number of benzene rings is 2. The molecule has 0 saturated heterocycles. The summed E-state index contributed by atoms with van der Waals surface area (Å²) < 4.78 is 17.2. The first-order chi connectivity index (χ1) is 17.6. The van der Waals surface area contributed by atoms with E-state index < -0.39 is 5.92 Å².